The number of hydrogen-bond acceptors (Lipinski definition) is 3. The number of aryl methyl sites for hydroxylation is 1. The minimum absolute atomic E-state index is 0.237. The summed E-state index contributed by atoms with van der Waals surface area (Å²) in [6.45, 7) is 8.80. The first-order chi connectivity index (χ1) is 16.8. The summed E-state index contributed by atoms with van der Waals surface area (Å²) >= 11 is 0. The van der Waals surface area contributed by atoms with Gasteiger partial charge in [0, 0.05) is 40.6 Å². The highest BCUT2D eigenvalue weighted by Crippen LogP contribution is 2.40. The Morgan fingerprint density at radius 1 is 1.09 bits per heavy atom. The lowest BCUT2D eigenvalue weighted by molar-refractivity contribution is -0.132. The molecule has 0 unspecified atom stereocenters. The number of carbonyl (C=O) groups is 1. The van der Waals surface area contributed by atoms with Crippen molar-refractivity contribution in [1.82, 2.24) is 19.8 Å². The van der Waals surface area contributed by atoms with Gasteiger partial charge in [-0.1, -0.05) is 38.1 Å². The van der Waals surface area contributed by atoms with E-state index in [1.807, 2.05) is 23.9 Å². The Hall–Kier alpha value is -3.18. The van der Waals surface area contributed by atoms with Crippen molar-refractivity contribution < 1.29 is 4.79 Å². The van der Waals surface area contributed by atoms with Gasteiger partial charge >= 0.3 is 0 Å². The fourth-order valence-corrected chi connectivity index (χ4v) is 5.64. The Morgan fingerprint density at radius 2 is 1.83 bits per heavy atom. The average Bonchev–Trinajstić information content (AvgIpc) is 3.22. The van der Waals surface area contributed by atoms with Crippen LogP contribution in [0.1, 0.15) is 55.3 Å². The van der Waals surface area contributed by atoms with E-state index >= 15 is 0 Å². The fraction of sp³-hybridized carbons (Fsp3) is 0.400. The zero-order valence-electron chi connectivity index (χ0n) is 21.6. The molecule has 1 aliphatic heterocycles. The van der Waals surface area contributed by atoms with Gasteiger partial charge in [0.1, 0.15) is 0 Å². The van der Waals surface area contributed by atoms with E-state index < -0.39 is 0 Å². The molecule has 5 nitrogen and oxygen atoms in total. The molecule has 182 valence electrons. The van der Waals surface area contributed by atoms with Crippen molar-refractivity contribution in [3.63, 3.8) is 0 Å². The number of nitrogens with zero attached hydrogens (tertiary/aromatic N) is 3. The Bertz CT molecular complexity index is 1380. The lowest BCUT2D eigenvalue weighted by Crippen LogP contribution is -2.42. The number of rotatable bonds is 5. The predicted molar refractivity (Wildman–Crippen MR) is 145 cm³/mol. The molecule has 1 N–H and O–H groups in total. The third-order valence-corrected chi connectivity index (χ3v) is 7.32. The van der Waals surface area contributed by atoms with Crippen LogP contribution in [0.25, 0.3) is 33.1 Å². The van der Waals surface area contributed by atoms with Gasteiger partial charge in [0.05, 0.1) is 17.8 Å². The summed E-state index contributed by atoms with van der Waals surface area (Å²) in [4.78, 5) is 25.0. The Morgan fingerprint density at radius 3 is 2.54 bits per heavy atom. The van der Waals surface area contributed by atoms with Crippen molar-refractivity contribution in [3.05, 3.63) is 65.4 Å². The minimum Gasteiger partial charge on any atom is -0.354 e. The van der Waals surface area contributed by atoms with Crippen LogP contribution in [0.4, 0.5) is 0 Å². The van der Waals surface area contributed by atoms with Gasteiger partial charge in [-0.05, 0) is 81.1 Å². The lowest BCUT2D eigenvalue weighted by Gasteiger charge is -2.33. The molecule has 0 atom stereocenters. The highest BCUT2D eigenvalue weighted by atomic mass is 16.2. The number of nitrogens with one attached hydrogen (secondary N) is 1. The second-order valence-electron chi connectivity index (χ2n) is 10.6. The zero-order chi connectivity index (χ0) is 24.7. The monoisotopic (exact) mass is 468 g/mol. The number of benzene rings is 2. The number of pyridine rings is 1. The molecule has 1 aliphatic rings. The largest absolute Gasteiger partial charge is 0.354 e. The van der Waals surface area contributed by atoms with Crippen molar-refractivity contribution in [2.24, 2.45) is 0 Å². The number of H-pyrrole nitrogens is 1. The van der Waals surface area contributed by atoms with Crippen LogP contribution in [0.3, 0.4) is 0 Å². The molecule has 0 spiro atoms. The highest BCUT2D eigenvalue weighted by molar-refractivity contribution is 6.00. The summed E-state index contributed by atoms with van der Waals surface area (Å²) in [6.07, 6.45) is 2.04. The minimum atomic E-state index is 0.237. The van der Waals surface area contributed by atoms with Crippen LogP contribution >= 0.6 is 0 Å². The number of fused-ring (bicyclic) bond motifs is 2. The second-order valence-corrected chi connectivity index (χ2v) is 10.6. The Labute approximate surface area is 208 Å². The molecule has 5 heteroatoms. The van der Waals surface area contributed by atoms with Crippen molar-refractivity contribution in [2.45, 2.75) is 45.4 Å². The van der Waals surface area contributed by atoms with Crippen LogP contribution in [0, 0.1) is 6.92 Å². The van der Waals surface area contributed by atoms with E-state index in [0.717, 1.165) is 37.1 Å². The summed E-state index contributed by atoms with van der Waals surface area (Å²) in [6, 6.07) is 17.6. The first-order valence-electron chi connectivity index (χ1n) is 12.8. The van der Waals surface area contributed by atoms with Gasteiger partial charge in [0.15, 0.2) is 0 Å². The third-order valence-electron chi connectivity index (χ3n) is 7.32. The topological polar surface area (TPSA) is 52.2 Å². The molecule has 2 aromatic heterocycles. The molecule has 1 saturated heterocycles. The summed E-state index contributed by atoms with van der Waals surface area (Å²) in [5, 5.41) is 2.50. The molecule has 0 saturated carbocycles. The van der Waals surface area contributed by atoms with Crippen LogP contribution in [-0.2, 0) is 4.79 Å². The summed E-state index contributed by atoms with van der Waals surface area (Å²) < 4.78 is 0. The number of carbonyl (C=O) groups excluding carboxylic acids is 1. The van der Waals surface area contributed by atoms with Crippen LogP contribution in [-0.4, -0.2) is 59.4 Å². The molecule has 35 heavy (non-hydrogen) atoms. The predicted octanol–water partition coefficient (Wildman–Crippen LogP) is 6.08. The first-order valence-corrected chi connectivity index (χ1v) is 12.8. The van der Waals surface area contributed by atoms with Gasteiger partial charge in [0.2, 0.25) is 5.91 Å². The van der Waals surface area contributed by atoms with Crippen LogP contribution in [0.2, 0.25) is 0 Å². The van der Waals surface area contributed by atoms with Crippen LogP contribution < -0.4 is 0 Å². The van der Waals surface area contributed by atoms with Crippen LogP contribution in [0.5, 0.6) is 0 Å². The van der Waals surface area contributed by atoms with E-state index in [1.54, 1.807) is 0 Å². The first kappa shape index (κ1) is 23.6. The van der Waals surface area contributed by atoms with E-state index in [4.69, 9.17) is 4.98 Å². The number of piperidine rings is 1. The maximum absolute atomic E-state index is 12.5. The van der Waals surface area contributed by atoms with Crippen molar-refractivity contribution >= 4 is 27.7 Å². The number of aromatic amines is 1. The molecule has 0 aliphatic carbocycles. The normalized spacial score (nSPS) is 15.1. The third kappa shape index (κ3) is 4.57. The summed E-state index contributed by atoms with van der Waals surface area (Å²) in [5.74, 6) is 1.11. The second kappa shape index (κ2) is 9.46. The van der Waals surface area contributed by atoms with E-state index in [-0.39, 0.29) is 5.91 Å². The Kier molecular flexibility index (Phi) is 6.37. The maximum atomic E-state index is 12.5. The van der Waals surface area contributed by atoms with E-state index in [9.17, 15) is 4.79 Å². The van der Waals surface area contributed by atoms with Crippen molar-refractivity contribution in [3.8, 4) is 11.3 Å². The molecule has 1 amide bonds. The zero-order valence-corrected chi connectivity index (χ0v) is 21.6. The van der Waals surface area contributed by atoms with Gasteiger partial charge < -0.3 is 14.8 Å². The molecular weight excluding hydrogens is 432 g/mol. The van der Waals surface area contributed by atoms with Gasteiger partial charge in [-0.3, -0.25) is 9.78 Å². The summed E-state index contributed by atoms with van der Waals surface area (Å²) in [5.41, 5.74) is 8.44. The van der Waals surface area contributed by atoms with Gasteiger partial charge in [-0.2, -0.15) is 0 Å². The van der Waals surface area contributed by atoms with Gasteiger partial charge in [-0.15, -0.1) is 0 Å². The summed E-state index contributed by atoms with van der Waals surface area (Å²) in [7, 11) is 3.90. The molecular formula is C30H36N4O. The number of likely N-dealkylation sites (tertiary alicyclic amines) is 1. The quantitative estimate of drug-likeness (QED) is 0.386. The van der Waals surface area contributed by atoms with Crippen LogP contribution in [0.15, 0.2) is 48.5 Å². The molecule has 0 radical (unpaired) electrons. The SMILES string of the molecule is Cc1cc(-c2[nH]c3ccc(C4CCN(C(=O)CN(C)C)CC4)cc3c2C(C)C)c2ccccc2n1. The standard InChI is InChI=1S/C30H36N4O/c1-19(2)29-25-17-22(21-12-14-34(15-13-21)28(35)18-33(4)5)10-11-27(25)32-30(29)24-16-20(3)31-26-9-7-6-8-23(24)26/h6-11,16-17,19,21,32H,12-15,18H2,1-5H3. The molecule has 0 bridgehead atoms. The lowest BCUT2D eigenvalue weighted by atomic mass is 9.87. The number of aromatic nitrogens is 2. The number of amides is 1. The molecule has 4 aromatic rings. The maximum Gasteiger partial charge on any atom is 0.236 e. The van der Waals surface area contributed by atoms with Gasteiger partial charge in [-0.25, -0.2) is 0 Å². The Balaban J connectivity index is 1.51. The molecule has 5 rings (SSSR count). The number of hydrogen-bond donors (Lipinski definition) is 1. The molecule has 2 aromatic carbocycles. The number of para-hydroxylation sites is 1. The highest BCUT2D eigenvalue weighted by Gasteiger charge is 2.25. The van der Waals surface area contributed by atoms with Crippen molar-refractivity contribution in [2.75, 3.05) is 33.7 Å². The molecule has 3 heterocycles. The van der Waals surface area contributed by atoms with Gasteiger partial charge in [0.25, 0.3) is 0 Å². The smallest absolute Gasteiger partial charge is 0.236 e. The van der Waals surface area contributed by atoms with E-state index in [0.29, 0.717) is 18.4 Å². The van der Waals surface area contributed by atoms with E-state index in [2.05, 4.69) is 74.3 Å². The van der Waals surface area contributed by atoms with E-state index in [1.165, 1.54) is 38.7 Å². The fourth-order valence-electron chi connectivity index (χ4n) is 5.64. The average molecular weight is 469 g/mol. The van der Waals surface area contributed by atoms with Crippen molar-refractivity contribution in [1.29, 1.82) is 0 Å². The number of likely N-dealkylation sites (N-methyl/N-ethyl adjacent to an activating group) is 1. The molecule has 1 fully saturated rings.